The summed E-state index contributed by atoms with van der Waals surface area (Å²) in [6.45, 7) is 2.47. The van der Waals surface area contributed by atoms with Gasteiger partial charge in [0.2, 0.25) is 5.88 Å². The smallest absolute Gasteiger partial charge is 0.258 e. The third-order valence-corrected chi connectivity index (χ3v) is 3.81. The van der Waals surface area contributed by atoms with Crippen molar-refractivity contribution in [3.05, 3.63) is 41.4 Å². The first-order valence-corrected chi connectivity index (χ1v) is 7.04. The van der Waals surface area contributed by atoms with E-state index in [2.05, 4.69) is 6.07 Å². The van der Waals surface area contributed by atoms with Crippen molar-refractivity contribution in [2.45, 2.75) is 19.8 Å². The molecule has 5 heteroatoms. The zero-order valence-electron chi connectivity index (χ0n) is 12.2. The van der Waals surface area contributed by atoms with Crippen molar-refractivity contribution in [2.24, 2.45) is 5.92 Å². The number of rotatable bonds is 4. The van der Waals surface area contributed by atoms with Gasteiger partial charge in [0.1, 0.15) is 23.0 Å². The number of hydrogen-bond donors (Lipinski definition) is 0. The molecule has 0 atom stereocenters. The Morgan fingerprint density at radius 2 is 2.14 bits per heavy atom. The number of furan rings is 1. The minimum atomic E-state index is -0.141. The van der Waals surface area contributed by atoms with E-state index in [9.17, 15) is 10.1 Å². The largest absolute Gasteiger partial charge is 0.443 e. The maximum Gasteiger partial charge on any atom is 0.258 e. The van der Waals surface area contributed by atoms with Crippen molar-refractivity contribution in [2.75, 3.05) is 13.6 Å². The maximum absolute atomic E-state index is 12.6. The van der Waals surface area contributed by atoms with Gasteiger partial charge in [0.05, 0.1) is 0 Å². The van der Waals surface area contributed by atoms with Gasteiger partial charge >= 0.3 is 0 Å². The summed E-state index contributed by atoms with van der Waals surface area (Å²) in [5.74, 6) is 1.37. The van der Waals surface area contributed by atoms with Gasteiger partial charge in [-0.05, 0) is 37.8 Å². The third-order valence-electron chi connectivity index (χ3n) is 3.81. The predicted molar refractivity (Wildman–Crippen MR) is 77.2 cm³/mol. The van der Waals surface area contributed by atoms with Crippen molar-refractivity contribution >= 4 is 5.91 Å². The summed E-state index contributed by atoms with van der Waals surface area (Å²) in [7, 11) is 1.78. The van der Waals surface area contributed by atoms with E-state index in [-0.39, 0.29) is 5.91 Å². The minimum absolute atomic E-state index is 0.141. The molecule has 1 aliphatic rings. The number of aromatic nitrogens is 1. The zero-order valence-corrected chi connectivity index (χ0v) is 12.2. The van der Waals surface area contributed by atoms with Crippen LogP contribution in [0.4, 0.5) is 0 Å². The molecule has 0 unspecified atom stereocenters. The van der Waals surface area contributed by atoms with Crippen LogP contribution in [0.25, 0.3) is 5.88 Å². The Kier molecular flexibility index (Phi) is 3.30. The van der Waals surface area contributed by atoms with E-state index >= 15 is 0 Å². The predicted octanol–water partition coefficient (Wildman–Crippen LogP) is 2.73. The number of carbonyl (C=O) groups is 1. The van der Waals surface area contributed by atoms with Crippen molar-refractivity contribution in [1.29, 1.82) is 5.26 Å². The Bertz CT molecular complexity index is 703. The highest BCUT2D eigenvalue weighted by Gasteiger charge is 2.30. The van der Waals surface area contributed by atoms with Gasteiger partial charge in [-0.15, -0.1) is 0 Å². The minimum Gasteiger partial charge on any atom is -0.443 e. The quantitative estimate of drug-likeness (QED) is 0.866. The number of aryl methyl sites for hydroxylation is 1. The highest BCUT2D eigenvalue weighted by atomic mass is 16.4. The Labute approximate surface area is 123 Å². The van der Waals surface area contributed by atoms with Crippen LogP contribution in [0.2, 0.25) is 0 Å². The molecule has 2 aromatic heterocycles. The van der Waals surface area contributed by atoms with Crippen LogP contribution in [0.3, 0.4) is 0 Å². The summed E-state index contributed by atoms with van der Waals surface area (Å²) in [4.78, 5) is 14.3. The van der Waals surface area contributed by atoms with E-state index in [4.69, 9.17) is 4.42 Å². The molecule has 0 radical (unpaired) electrons. The monoisotopic (exact) mass is 283 g/mol. The van der Waals surface area contributed by atoms with E-state index in [0.717, 1.165) is 6.54 Å². The average molecular weight is 283 g/mol. The van der Waals surface area contributed by atoms with Gasteiger partial charge in [0, 0.05) is 26.0 Å². The summed E-state index contributed by atoms with van der Waals surface area (Å²) in [5, 5.41) is 9.44. The van der Waals surface area contributed by atoms with Crippen molar-refractivity contribution in [3.63, 3.8) is 0 Å². The molecule has 0 bridgehead atoms. The maximum atomic E-state index is 12.6. The molecule has 1 aliphatic carbocycles. The van der Waals surface area contributed by atoms with Crippen molar-refractivity contribution in [3.8, 4) is 12.0 Å². The number of amides is 1. The van der Waals surface area contributed by atoms with Crippen molar-refractivity contribution < 1.29 is 9.21 Å². The zero-order chi connectivity index (χ0) is 15.0. The molecule has 1 fully saturated rings. The van der Waals surface area contributed by atoms with E-state index in [1.807, 2.05) is 12.1 Å². The molecule has 2 aromatic rings. The Morgan fingerprint density at radius 3 is 2.71 bits per heavy atom. The van der Waals surface area contributed by atoms with Gasteiger partial charge < -0.3 is 9.32 Å². The highest BCUT2D eigenvalue weighted by Crippen LogP contribution is 2.31. The SMILES string of the molecule is Cc1oc(-n2cccc2)c(C#N)c1C(=O)N(C)CC1CC1. The van der Waals surface area contributed by atoms with Crippen LogP contribution in [-0.4, -0.2) is 29.0 Å². The lowest BCUT2D eigenvalue weighted by Crippen LogP contribution is -2.29. The van der Waals surface area contributed by atoms with Crippen LogP contribution in [0.15, 0.2) is 28.9 Å². The molecule has 108 valence electrons. The summed E-state index contributed by atoms with van der Waals surface area (Å²) < 4.78 is 7.38. The van der Waals surface area contributed by atoms with Crippen LogP contribution in [0.5, 0.6) is 0 Å². The van der Waals surface area contributed by atoms with Crippen LogP contribution < -0.4 is 0 Å². The summed E-state index contributed by atoms with van der Waals surface area (Å²) in [5.41, 5.74) is 0.681. The number of nitrogens with zero attached hydrogens (tertiary/aromatic N) is 3. The second kappa shape index (κ2) is 5.13. The van der Waals surface area contributed by atoms with Gasteiger partial charge in [-0.1, -0.05) is 0 Å². The van der Waals surface area contributed by atoms with Crippen LogP contribution in [-0.2, 0) is 0 Å². The van der Waals surface area contributed by atoms with Gasteiger partial charge in [-0.3, -0.25) is 9.36 Å². The average Bonchev–Trinajstić information content (AvgIpc) is 3.01. The molecule has 21 heavy (non-hydrogen) atoms. The molecule has 0 spiro atoms. The molecule has 3 rings (SSSR count). The molecule has 2 heterocycles. The fraction of sp³-hybridized carbons (Fsp3) is 0.375. The Hall–Kier alpha value is -2.48. The summed E-state index contributed by atoms with van der Waals surface area (Å²) in [6.07, 6.45) is 5.95. The second-order valence-corrected chi connectivity index (χ2v) is 5.54. The van der Waals surface area contributed by atoms with Crippen molar-refractivity contribution in [1.82, 2.24) is 9.47 Å². The Balaban J connectivity index is 1.98. The molecule has 1 saturated carbocycles. The van der Waals surface area contributed by atoms with Gasteiger partial charge in [0.25, 0.3) is 5.91 Å². The first-order valence-electron chi connectivity index (χ1n) is 7.04. The fourth-order valence-electron chi connectivity index (χ4n) is 2.50. The molecule has 0 saturated heterocycles. The molecule has 0 aromatic carbocycles. The van der Waals surface area contributed by atoms with Gasteiger partial charge in [-0.2, -0.15) is 5.26 Å². The summed E-state index contributed by atoms with van der Waals surface area (Å²) in [6, 6.07) is 5.81. The lowest BCUT2D eigenvalue weighted by atomic mass is 10.1. The van der Waals surface area contributed by atoms with E-state index in [0.29, 0.717) is 28.7 Å². The highest BCUT2D eigenvalue weighted by molar-refractivity contribution is 5.98. The normalized spacial score (nSPS) is 14.0. The van der Waals surface area contributed by atoms with Gasteiger partial charge in [0.15, 0.2) is 0 Å². The molecular weight excluding hydrogens is 266 g/mol. The molecule has 5 nitrogen and oxygen atoms in total. The standard InChI is InChI=1S/C16H17N3O2/c1-11-14(15(20)18(2)10-12-5-6-12)13(9-17)16(21-11)19-7-3-4-8-19/h3-4,7-8,12H,5-6,10H2,1-2H3. The molecular formula is C16H17N3O2. The topological polar surface area (TPSA) is 62.2 Å². The number of hydrogen-bond acceptors (Lipinski definition) is 3. The molecule has 0 aliphatic heterocycles. The molecule has 0 N–H and O–H groups in total. The second-order valence-electron chi connectivity index (χ2n) is 5.54. The number of nitriles is 1. The van der Waals surface area contributed by atoms with Crippen LogP contribution in [0.1, 0.15) is 34.5 Å². The van der Waals surface area contributed by atoms with E-state index in [1.54, 1.807) is 35.8 Å². The first-order chi connectivity index (χ1) is 10.1. The lowest BCUT2D eigenvalue weighted by molar-refractivity contribution is 0.0786. The van der Waals surface area contributed by atoms with Crippen LogP contribution >= 0.6 is 0 Å². The first kappa shape index (κ1) is 13.5. The molecule has 1 amide bonds. The summed E-state index contributed by atoms with van der Waals surface area (Å²) >= 11 is 0. The lowest BCUT2D eigenvalue weighted by Gasteiger charge is -2.16. The third kappa shape index (κ3) is 2.45. The van der Waals surface area contributed by atoms with Crippen LogP contribution in [0, 0.1) is 24.2 Å². The Morgan fingerprint density at radius 1 is 1.48 bits per heavy atom. The number of carbonyl (C=O) groups excluding carboxylic acids is 1. The van der Waals surface area contributed by atoms with E-state index < -0.39 is 0 Å². The fourth-order valence-corrected chi connectivity index (χ4v) is 2.50. The van der Waals surface area contributed by atoms with Gasteiger partial charge in [-0.25, -0.2) is 0 Å². The van der Waals surface area contributed by atoms with E-state index in [1.165, 1.54) is 12.8 Å².